The van der Waals surface area contributed by atoms with Gasteiger partial charge in [0.2, 0.25) is 21.8 Å². The van der Waals surface area contributed by atoms with Gasteiger partial charge in [0.1, 0.15) is 5.78 Å². The molecule has 3 rings (SSSR count). The molecule has 4 unspecified atom stereocenters. The third-order valence-corrected chi connectivity index (χ3v) is 10.2. The number of rotatable bonds is 16. The van der Waals surface area contributed by atoms with Gasteiger partial charge >= 0.3 is 5.97 Å². The van der Waals surface area contributed by atoms with Crippen molar-refractivity contribution >= 4 is 39.4 Å². The zero-order chi connectivity index (χ0) is 30.6. The van der Waals surface area contributed by atoms with E-state index < -0.39 is 75.1 Å². The number of aromatic nitrogens is 4. The molecular weight excluding hydrogens is 558 g/mol. The molecule has 2 aliphatic rings. The van der Waals surface area contributed by atoms with Crippen molar-refractivity contribution in [2.45, 2.75) is 72.3 Å². The van der Waals surface area contributed by atoms with Gasteiger partial charge in [0.05, 0.1) is 24.8 Å². The largest absolute Gasteiger partial charge is 0.481 e. The first kappa shape index (κ1) is 32.2. The Labute approximate surface area is 238 Å². The minimum absolute atomic E-state index is 0.0926. The summed E-state index contributed by atoms with van der Waals surface area (Å²) >= 11 is 0. The van der Waals surface area contributed by atoms with E-state index in [4.69, 9.17) is 0 Å². The number of sulfonamides is 1. The highest BCUT2D eigenvalue weighted by molar-refractivity contribution is 7.89. The van der Waals surface area contributed by atoms with Crippen LogP contribution >= 0.6 is 0 Å². The lowest BCUT2D eigenvalue weighted by molar-refractivity contribution is -0.141. The number of carbonyl (C=O) groups excluding carboxylic acids is 4. The summed E-state index contributed by atoms with van der Waals surface area (Å²) < 4.78 is 28.2. The molecule has 228 valence electrons. The van der Waals surface area contributed by atoms with Crippen molar-refractivity contribution in [3.63, 3.8) is 0 Å². The normalized spacial score (nSPS) is 22.9. The molecule has 0 aliphatic heterocycles. The van der Waals surface area contributed by atoms with Gasteiger partial charge in [0.25, 0.3) is 0 Å². The average molecular weight is 598 g/mol. The number of hydrogen-bond donors (Lipinski definition) is 5. The summed E-state index contributed by atoms with van der Waals surface area (Å²) in [4.78, 5) is 62.6. The van der Waals surface area contributed by atoms with Gasteiger partial charge in [-0.1, -0.05) is 32.9 Å². The number of nitrogens with one attached hydrogen (secondary N) is 4. The van der Waals surface area contributed by atoms with Crippen LogP contribution in [0.3, 0.4) is 0 Å². The maximum Gasteiger partial charge on any atom is 0.305 e. The third kappa shape index (κ3) is 7.52. The second-order valence-electron chi connectivity index (χ2n) is 11.9. The Kier molecular flexibility index (Phi) is 10.00. The van der Waals surface area contributed by atoms with Crippen molar-refractivity contribution in [2.24, 2.45) is 28.6 Å². The molecule has 0 radical (unpaired) electrons. The number of aromatic amines is 1. The predicted molar refractivity (Wildman–Crippen MR) is 143 cm³/mol. The van der Waals surface area contributed by atoms with Gasteiger partial charge < -0.3 is 15.7 Å². The molecule has 2 fully saturated rings. The van der Waals surface area contributed by atoms with Crippen LogP contribution in [0, 0.1) is 28.6 Å². The number of amides is 2. The summed E-state index contributed by atoms with van der Waals surface area (Å²) in [7, 11) is -4.09. The number of Topliss-reactive ketones (excluding diaryl/α,β-unsaturated/α-hetero) is 2. The van der Waals surface area contributed by atoms with Gasteiger partial charge in [-0.05, 0) is 30.1 Å². The quantitative estimate of drug-likeness (QED) is 0.161. The second kappa shape index (κ2) is 12.7. The van der Waals surface area contributed by atoms with Crippen molar-refractivity contribution in [1.82, 2.24) is 36.0 Å². The number of fused-ring (bicyclic) bond motifs is 2. The fraction of sp³-hybridized carbons (Fsp3) is 0.760. The van der Waals surface area contributed by atoms with Crippen LogP contribution in [0.5, 0.6) is 0 Å². The van der Waals surface area contributed by atoms with Crippen LogP contribution < -0.4 is 15.4 Å². The Morgan fingerprint density at radius 1 is 1.17 bits per heavy atom. The summed E-state index contributed by atoms with van der Waals surface area (Å²) in [6, 6.07) is -1.52. The maximum atomic E-state index is 13.1. The number of H-pyrrole nitrogens is 1. The molecule has 4 atom stereocenters. The van der Waals surface area contributed by atoms with Crippen LogP contribution in [0.15, 0.2) is 0 Å². The van der Waals surface area contributed by atoms with Crippen LogP contribution in [0.25, 0.3) is 0 Å². The van der Waals surface area contributed by atoms with E-state index in [2.05, 4.69) is 36.0 Å². The van der Waals surface area contributed by atoms with Gasteiger partial charge in [-0.15, -0.1) is 10.2 Å². The summed E-state index contributed by atoms with van der Waals surface area (Å²) in [5.41, 5.74) is -1.52. The number of aliphatic carboxylic acids is 1. The first-order valence-electron chi connectivity index (χ1n) is 13.6. The van der Waals surface area contributed by atoms with Gasteiger partial charge in [-0.25, -0.2) is 13.1 Å². The average Bonchev–Trinajstić information content (AvgIpc) is 3.51. The summed E-state index contributed by atoms with van der Waals surface area (Å²) in [5.74, 6) is -4.61. The minimum Gasteiger partial charge on any atom is -0.481 e. The molecule has 2 bridgehead atoms. The summed E-state index contributed by atoms with van der Waals surface area (Å²) in [6.07, 6.45) is 0.876. The van der Waals surface area contributed by atoms with Crippen LogP contribution in [0.2, 0.25) is 0 Å². The molecule has 0 spiro atoms. The first-order chi connectivity index (χ1) is 19.1. The Morgan fingerprint density at radius 2 is 1.88 bits per heavy atom. The molecular formula is C25H39N7O8S. The second-order valence-corrected chi connectivity index (χ2v) is 13.7. The number of carboxylic acids is 1. The van der Waals surface area contributed by atoms with Gasteiger partial charge in [-0.2, -0.15) is 5.21 Å². The van der Waals surface area contributed by atoms with Crippen LogP contribution in [0.4, 0.5) is 0 Å². The Balaban J connectivity index is 1.59. The lowest BCUT2D eigenvalue weighted by atomic mass is 9.70. The van der Waals surface area contributed by atoms with E-state index in [0.717, 1.165) is 6.42 Å². The molecule has 16 heteroatoms. The van der Waals surface area contributed by atoms with Crippen LogP contribution in [-0.4, -0.2) is 88.4 Å². The Morgan fingerprint density at radius 3 is 2.41 bits per heavy atom. The van der Waals surface area contributed by atoms with Gasteiger partial charge in [0.15, 0.2) is 11.6 Å². The number of carbonyl (C=O) groups is 5. The SMILES string of the molecule is CC(C)C(CC(=O)NCCc1nn[nH]n1)C(=O)NC(CC(=O)O)C(=O)CNS(=O)(=O)CC12CCC(CC1=O)C2(C)C. The molecule has 1 aromatic heterocycles. The molecule has 5 N–H and O–H groups in total. The van der Waals surface area contributed by atoms with E-state index in [9.17, 15) is 37.5 Å². The van der Waals surface area contributed by atoms with Crippen molar-refractivity contribution in [1.29, 1.82) is 0 Å². The zero-order valence-corrected chi connectivity index (χ0v) is 24.5. The van der Waals surface area contributed by atoms with E-state index in [1.165, 1.54) is 0 Å². The highest BCUT2D eigenvalue weighted by atomic mass is 32.2. The molecule has 1 aromatic rings. The summed E-state index contributed by atoms with van der Waals surface area (Å²) in [6.45, 7) is 6.66. The number of carboxylic acid groups (broad SMARTS) is 1. The third-order valence-electron chi connectivity index (χ3n) is 8.73. The van der Waals surface area contributed by atoms with E-state index in [0.29, 0.717) is 25.1 Å². The number of ketones is 2. The molecule has 0 aromatic carbocycles. The monoisotopic (exact) mass is 597 g/mol. The maximum absolute atomic E-state index is 13.1. The van der Waals surface area contributed by atoms with E-state index in [1.54, 1.807) is 13.8 Å². The molecule has 2 amide bonds. The number of hydrogen-bond acceptors (Lipinski definition) is 10. The smallest absolute Gasteiger partial charge is 0.305 e. The Hall–Kier alpha value is -3.27. The lowest BCUT2D eigenvalue weighted by Gasteiger charge is -2.36. The molecule has 41 heavy (non-hydrogen) atoms. The summed E-state index contributed by atoms with van der Waals surface area (Å²) in [5, 5.41) is 27.7. The van der Waals surface area contributed by atoms with Gasteiger partial charge in [0, 0.05) is 37.1 Å². The highest BCUT2D eigenvalue weighted by Gasteiger charge is 2.65. The Bertz CT molecular complexity index is 1260. The van der Waals surface area contributed by atoms with Crippen molar-refractivity contribution in [3.05, 3.63) is 5.82 Å². The van der Waals surface area contributed by atoms with Crippen molar-refractivity contribution < 1.29 is 37.5 Å². The van der Waals surface area contributed by atoms with Crippen LogP contribution in [0.1, 0.15) is 65.6 Å². The number of nitrogens with zero attached hydrogens (tertiary/aromatic N) is 3. The van der Waals surface area contributed by atoms with Gasteiger partial charge in [-0.3, -0.25) is 24.0 Å². The van der Waals surface area contributed by atoms with Crippen molar-refractivity contribution in [3.8, 4) is 0 Å². The van der Waals surface area contributed by atoms with E-state index in [1.807, 2.05) is 13.8 Å². The lowest BCUT2D eigenvalue weighted by Crippen LogP contribution is -2.51. The zero-order valence-electron chi connectivity index (χ0n) is 23.7. The predicted octanol–water partition coefficient (Wildman–Crippen LogP) is -0.636. The molecule has 2 aliphatic carbocycles. The van der Waals surface area contributed by atoms with Crippen LogP contribution in [-0.2, 0) is 40.4 Å². The fourth-order valence-corrected chi connectivity index (χ4v) is 7.78. The highest BCUT2D eigenvalue weighted by Crippen LogP contribution is 2.64. The number of tetrazole rings is 1. The fourth-order valence-electron chi connectivity index (χ4n) is 5.99. The minimum atomic E-state index is -4.09. The molecule has 2 saturated carbocycles. The molecule has 15 nitrogen and oxygen atoms in total. The van der Waals surface area contributed by atoms with E-state index >= 15 is 0 Å². The molecule has 1 heterocycles. The van der Waals surface area contributed by atoms with Crippen molar-refractivity contribution in [2.75, 3.05) is 18.8 Å². The first-order valence-corrected chi connectivity index (χ1v) is 15.3. The standard InChI is InChI=1S/C25H39N7O8S/c1-14(2)16(10-21(35)26-8-6-20-29-31-32-30-20)23(38)28-17(11-22(36)37)18(33)12-27-41(39,40)13-25-7-5-15(9-19(25)34)24(25,3)4/h14-17,27H,5-13H2,1-4H3,(H,26,35)(H,28,38)(H,36,37)(H,29,30,31,32). The topological polar surface area (TPSA) is 230 Å². The van der Waals surface area contributed by atoms with E-state index in [-0.39, 0.29) is 30.6 Å². The molecule has 0 saturated heterocycles.